The van der Waals surface area contributed by atoms with Gasteiger partial charge in [-0.15, -0.1) is 4.94 Å². The minimum Gasteiger partial charge on any atom is -0.221 e. The number of para-hydroxylation sites is 2. The van der Waals surface area contributed by atoms with E-state index in [-0.39, 0.29) is 0 Å². The highest BCUT2D eigenvalue weighted by molar-refractivity contribution is 5.44. The molecule has 0 aromatic heterocycles. The fourth-order valence-corrected chi connectivity index (χ4v) is 1.34. The molecule has 2 aromatic carbocycles. The van der Waals surface area contributed by atoms with Crippen LogP contribution < -0.4 is 22.0 Å². The predicted molar refractivity (Wildman–Crippen MR) is 67.3 cm³/mol. The number of benzene rings is 2. The lowest BCUT2D eigenvalue weighted by molar-refractivity contribution is 0.0836. The topological polar surface area (TPSA) is 67.8 Å². The summed E-state index contributed by atoms with van der Waals surface area (Å²) in [4.78, 5) is 5.24. The second-order valence-corrected chi connectivity index (χ2v) is 3.40. The summed E-state index contributed by atoms with van der Waals surface area (Å²) in [6.07, 6.45) is 0. The van der Waals surface area contributed by atoms with E-state index < -0.39 is 0 Å². The van der Waals surface area contributed by atoms with Gasteiger partial charge in [0.2, 0.25) is 0 Å². The summed E-state index contributed by atoms with van der Waals surface area (Å²) in [5.41, 5.74) is 1.41. The Morgan fingerprint density at radius 2 is 1.00 bits per heavy atom. The van der Waals surface area contributed by atoms with Crippen LogP contribution in [0.25, 0.3) is 0 Å². The second-order valence-electron chi connectivity index (χ2n) is 3.40. The molecule has 88 valence electrons. The van der Waals surface area contributed by atoms with Gasteiger partial charge in [0.15, 0.2) is 0 Å². The molecule has 0 saturated heterocycles. The van der Waals surface area contributed by atoms with Gasteiger partial charge in [0.1, 0.15) is 0 Å². The van der Waals surface area contributed by atoms with E-state index in [0.717, 1.165) is 10.3 Å². The molecule has 0 bridgehead atoms. The van der Waals surface area contributed by atoms with Gasteiger partial charge in [0.25, 0.3) is 0 Å². The average molecular weight is 230 g/mol. The summed E-state index contributed by atoms with van der Waals surface area (Å²) in [6, 6.07) is 18.5. The Morgan fingerprint density at radius 1 is 0.647 bits per heavy atom. The molecule has 2 aromatic rings. The highest BCUT2D eigenvalue weighted by Crippen LogP contribution is 2.14. The highest BCUT2D eigenvalue weighted by Gasteiger charge is 2.07. The molecule has 0 aliphatic carbocycles. The minimum absolute atomic E-state index is 0.707. The summed E-state index contributed by atoms with van der Waals surface area (Å²) >= 11 is 0. The second kappa shape index (κ2) is 5.31. The summed E-state index contributed by atoms with van der Waals surface area (Å²) in [7, 11) is 0. The van der Waals surface area contributed by atoms with E-state index >= 15 is 0 Å². The number of hydrazine groups is 2. The predicted octanol–water partition coefficient (Wildman–Crippen LogP) is 1.59. The molecule has 5 heteroatoms. The van der Waals surface area contributed by atoms with Crippen LogP contribution in [0, 0.1) is 0 Å². The van der Waals surface area contributed by atoms with Crippen molar-refractivity contribution in [3.05, 3.63) is 60.7 Å². The standard InChI is InChI=1S/C12H14N4O/c13-15(11-7-3-1-4-8-11)17-16(14)12-9-5-2-6-10-12/h1-10H,13-14H2. The Hall–Kier alpha value is -2.08. The van der Waals surface area contributed by atoms with Crippen LogP contribution in [0.15, 0.2) is 60.7 Å². The maximum absolute atomic E-state index is 5.72. The number of hydrogen-bond acceptors (Lipinski definition) is 5. The molecule has 0 atom stereocenters. The molecule has 0 aliphatic heterocycles. The van der Waals surface area contributed by atoms with Gasteiger partial charge < -0.3 is 0 Å². The van der Waals surface area contributed by atoms with Crippen molar-refractivity contribution in [3.8, 4) is 0 Å². The summed E-state index contributed by atoms with van der Waals surface area (Å²) in [5.74, 6) is 11.4. The van der Waals surface area contributed by atoms with Crippen LogP contribution in [0.3, 0.4) is 0 Å². The van der Waals surface area contributed by atoms with Crippen LogP contribution in [-0.2, 0) is 4.94 Å². The molecule has 17 heavy (non-hydrogen) atoms. The lowest BCUT2D eigenvalue weighted by Crippen LogP contribution is -2.43. The zero-order valence-electron chi connectivity index (χ0n) is 9.23. The fourth-order valence-electron chi connectivity index (χ4n) is 1.34. The lowest BCUT2D eigenvalue weighted by atomic mass is 10.3. The third-order valence-corrected chi connectivity index (χ3v) is 2.20. The molecule has 2 rings (SSSR count). The van der Waals surface area contributed by atoms with Gasteiger partial charge in [-0.05, 0) is 24.3 Å². The molecule has 0 heterocycles. The van der Waals surface area contributed by atoms with Crippen molar-refractivity contribution in [3.63, 3.8) is 0 Å². The molecule has 0 aliphatic rings. The zero-order chi connectivity index (χ0) is 12.1. The molecular formula is C12H14N4O. The van der Waals surface area contributed by atoms with Gasteiger partial charge in [0.05, 0.1) is 11.4 Å². The van der Waals surface area contributed by atoms with Crippen molar-refractivity contribution in [2.45, 2.75) is 0 Å². The maximum atomic E-state index is 5.72. The van der Waals surface area contributed by atoms with E-state index in [1.807, 2.05) is 60.7 Å². The number of nitrogens with zero attached hydrogens (tertiary/aromatic N) is 2. The first kappa shape index (κ1) is 11.4. The Labute approximate surface area is 99.6 Å². The Bertz CT molecular complexity index is 405. The highest BCUT2D eigenvalue weighted by atomic mass is 16.9. The van der Waals surface area contributed by atoms with E-state index in [4.69, 9.17) is 16.6 Å². The van der Waals surface area contributed by atoms with Crippen molar-refractivity contribution >= 4 is 11.4 Å². The summed E-state index contributed by atoms with van der Waals surface area (Å²) in [6.45, 7) is 0. The normalized spacial score (nSPS) is 10.0. The van der Waals surface area contributed by atoms with E-state index in [1.54, 1.807) is 0 Å². The van der Waals surface area contributed by atoms with Crippen LogP contribution >= 0.6 is 0 Å². The van der Waals surface area contributed by atoms with Crippen molar-refractivity contribution in [2.24, 2.45) is 11.7 Å². The quantitative estimate of drug-likeness (QED) is 0.616. The van der Waals surface area contributed by atoms with Crippen LogP contribution in [0.2, 0.25) is 0 Å². The molecule has 5 nitrogen and oxygen atoms in total. The Kier molecular flexibility index (Phi) is 3.56. The SMILES string of the molecule is NN(ON(N)c1ccccc1)c1ccccc1. The van der Waals surface area contributed by atoms with Crippen molar-refractivity contribution in [1.82, 2.24) is 0 Å². The molecular weight excluding hydrogens is 216 g/mol. The molecule has 0 radical (unpaired) electrons. The van der Waals surface area contributed by atoms with Gasteiger partial charge in [-0.2, -0.15) is 10.3 Å². The van der Waals surface area contributed by atoms with Gasteiger partial charge >= 0.3 is 0 Å². The van der Waals surface area contributed by atoms with Gasteiger partial charge in [-0.1, -0.05) is 36.4 Å². The first-order chi connectivity index (χ1) is 8.27. The number of rotatable bonds is 4. The van der Waals surface area contributed by atoms with Gasteiger partial charge in [0, 0.05) is 0 Å². The molecule has 0 unspecified atom stereocenters. The molecule has 0 fully saturated rings. The molecule has 0 saturated carbocycles. The molecule has 0 amide bonds. The number of anilines is 2. The first-order valence-corrected chi connectivity index (χ1v) is 5.15. The third kappa shape index (κ3) is 2.94. The molecule has 0 spiro atoms. The molecule has 4 N–H and O–H groups in total. The van der Waals surface area contributed by atoms with Crippen LogP contribution in [0.5, 0.6) is 0 Å². The van der Waals surface area contributed by atoms with Crippen LogP contribution in [0.1, 0.15) is 0 Å². The van der Waals surface area contributed by atoms with Crippen molar-refractivity contribution in [2.75, 3.05) is 10.3 Å². The largest absolute Gasteiger partial charge is 0.221 e. The van der Waals surface area contributed by atoms with Crippen LogP contribution in [0.4, 0.5) is 11.4 Å². The van der Waals surface area contributed by atoms with E-state index in [9.17, 15) is 0 Å². The van der Waals surface area contributed by atoms with Gasteiger partial charge in [-0.3, -0.25) is 0 Å². The minimum atomic E-state index is 0.707. The Morgan fingerprint density at radius 3 is 1.35 bits per heavy atom. The van der Waals surface area contributed by atoms with Crippen molar-refractivity contribution < 1.29 is 4.94 Å². The Balaban J connectivity index is 2.02. The maximum Gasteiger partial charge on any atom is 0.0846 e. The summed E-state index contributed by atoms with van der Waals surface area (Å²) < 4.78 is 0. The van der Waals surface area contributed by atoms with E-state index in [0.29, 0.717) is 11.4 Å². The van der Waals surface area contributed by atoms with E-state index in [1.165, 1.54) is 0 Å². The smallest absolute Gasteiger partial charge is 0.0846 e. The number of hydrogen-bond donors (Lipinski definition) is 2. The van der Waals surface area contributed by atoms with Gasteiger partial charge in [-0.25, -0.2) is 11.7 Å². The van der Waals surface area contributed by atoms with E-state index in [2.05, 4.69) is 0 Å². The fraction of sp³-hybridized carbons (Fsp3) is 0. The summed E-state index contributed by atoms with van der Waals surface area (Å²) in [5, 5.41) is 2.21. The first-order valence-electron chi connectivity index (χ1n) is 5.15. The monoisotopic (exact) mass is 230 g/mol. The van der Waals surface area contributed by atoms with Crippen molar-refractivity contribution in [1.29, 1.82) is 0 Å². The zero-order valence-corrected chi connectivity index (χ0v) is 9.23. The number of nitrogens with two attached hydrogens (primary N) is 2. The lowest BCUT2D eigenvalue weighted by Gasteiger charge is -2.24. The third-order valence-electron chi connectivity index (χ3n) is 2.20. The van der Waals surface area contributed by atoms with Crippen LogP contribution in [-0.4, -0.2) is 0 Å². The average Bonchev–Trinajstić information content (AvgIpc) is 2.40.